The molecule has 5 heteroatoms. The van der Waals surface area contributed by atoms with Gasteiger partial charge in [0.25, 0.3) is 5.91 Å². The zero-order valence-corrected chi connectivity index (χ0v) is 11.9. The molecular formula is C15H20N2O3. The first kappa shape index (κ1) is 13.2. The molecule has 3 rings (SSSR count). The van der Waals surface area contributed by atoms with Crippen molar-refractivity contribution in [1.29, 1.82) is 0 Å². The first-order valence-electron chi connectivity index (χ1n) is 7.15. The van der Waals surface area contributed by atoms with Crippen LogP contribution in [0.5, 0.6) is 0 Å². The molecule has 1 saturated heterocycles. The van der Waals surface area contributed by atoms with Gasteiger partial charge in [0.15, 0.2) is 0 Å². The number of imide groups is 1. The largest absolute Gasteiger partial charge is 0.465 e. The van der Waals surface area contributed by atoms with Crippen LogP contribution in [0.1, 0.15) is 25.7 Å². The molecule has 1 N–H and O–H groups in total. The summed E-state index contributed by atoms with van der Waals surface area (Å²) in [5.74, 6) is 0.153. The molecule has 2 aliphatic carbocycles. The van der Waals surface area contributed by atoms with Gasteiger partial charge in [-0.1, -0.05) is 6.08 Å². The minimum absolute atomic E-state index is 0.0374. The molecule has 0 radical (unpaired) electrons. The number of rotatable bonds is 1. The molecule has 0 unspecified atom stereocenters. The van der Waals surface area contributed by atoms with Crippen LogP contribution in [0.3, 0.4) is 0 Å². The molecule has 2 amide bonds. The van der Waals surface area contributed by atoms with Crippen molar-refractivity contribution in [1.82, 2.24) is 9.80 Å². The lowest BCUT2D eigenvalue weighted by atomic mass is 9.89. The molecule has 1 aliphatic heterocycles. The summed E-state index contributed by atoms with van der Waals surface area (Å²) in [4.78, 5) is 26.8. The van der Waals surface area contributed by atoms with Gasteiger partial charge in [0.05, 0.1) is 6.04 Å². The predicted octanol–water partition coefficient (Wildman–Crippen LogP) is 2.07. The van der Waals surface area contributed by atoms with Gasteiger partial charge in [0.2, 0.25) is 0 Å². The summed E-state index contributed by atoms with van der Waals surface area (Å²) in [5.41, 5.74) is 1.83. The van der Waals surface area contributed by atoms with Crippen LogP contribution in [0, 0.1) is 11.8 Å². The van der Waals surface area contributed by atoms with Crippen LogP contribution >= 0.6 is 0 Å². The molecule has 0 aromatic heterocycles. The lowest BCUT2D eigenvalue weighted by Crippen LogP contribution is -2.39. The molecule has 0 bridgehead atoms. The van der Waals surface area contributed by atoms with Crippen LogP contribution in [-0.4, -0.2) is 47.0 Å². The van der Waals surface area contributed by atoms with Crippen molar-refractivity contribution in [2.75, 3.05) is 14.1 Å². The molecule has 20 heavy (non-hydrogen) atoms. The maximum atomic E-state index is 12.4. The third-order valence-corrected chi connectivity index (χ3v) is 4.62. The minimum Gasteiger partial charge on any atom is -0.465 e. The summed E-state index contributed by atoms with van der Waals surface area (Å²) in [7, 11) is 3.72. The second kappa shape index (κ2) is 4.65. The fourth-order valence-electron chi connectivity index (χ4n) is 3.94. The van der Waals surface area contributed by atoms with Gasteiger partial charge in [0, 0.05) is 31.8 Å². The number of hydrogen-bond donors (Lipinski definition) is 1. The van der Waals surface area contributed by atoms with E-state index in [0.29, 0.717) is 11.5 Å². The lowest BCUT2D eigenvalue weighted by molar-refractivity contribution is -0.123. The van der Waals surface area contributed by atoms with Crippen molar-refractivity contribution in [2.24, 2.45) is 11.8 Å². The van der Waals surface area contributed by atoms with Gasteiger partial charge in [-0.25, -0.2) is 9.69 Å². The van der Waals surface area contributed by atoms with E-state index in [4.69, 9.17) is 0 Å². The Morgan fingerprint density at radius 3 is 2.90 bits per heavy atom. The Bertz CT molecular complexity index is 521. The topological polar surface area (TPSA) is 60.9 Å². The van der Waals surface area contributed by atoms with Crippen LogP contribution in [0.2, 0.25) is 0 Å². The Hall–Kier alpha value is -1.78. The Balaban J connectivity index is 2.04. The van der Waals surface area contributed by atoms with Gasteiger partial charge in [0.1, 0.15) is 0 Å². The molecule has 3 atom stereocenters. The molecule has 1 saturated carbocycles. The number of carbonyl (C=O) groups excluding carboxylic acids is 1. The number of amides is 2. The quantitative estimate of drug-likeness (QED) is 0.588. The van der Waals surface area contributed by atoms with E-state index < -0.39 is 6.09 Å². The average molecular weight is 276 g/mol. The summed E-state index contributed by atoms with van der Waals surface area (Å²) in [6.45, 7) is 0. The molecule has 3 aliphatic rings. The standard InChI is InChI=1S/C15H20N2O3/c1-16(2)8-12-11-7-9-5-3-4-6-10(9)13(11)17(14(12)18)15(19)20/h6,8-9,11,13H,3-5,7H2,1-2H3,(H,19,20)/t9-,11+,13+/m0/s1. The molecule has 1 heterocycles. The summed E-state index contributed by atoms with van der Waals surface area (Å²) in [6.07, 6.45) is 7.03. The summed E-state index contributed by atoms with van der Waals surface area (Å²) in [5, 5.41) is 9.41. The van der Waals surface area contributed by atoms with E-state index in [9.17, 15) is 14.7 Å². The fraction of sp³-hybridized carbons (Fsp3) is 0.600. The first-order chi connectivity index (χ1) is 9.50. The highest BCUT2D eigenvalue weighted by molar-refractivity contribution is 6.06. The summed E-state index contributed by atoms with van der Waals surface area (Å²) >= 11 is 0. The molecular weight excluding hydrogens is 256 g/mol. The number of carbonyl (C=O) groups is 2. The van der Waals surface area contributed by atoms with Crippen LogP contribution in [0.25, 0.3) is 0 Å². The lowest BCUT2D eigenvalue weighted by Gasteiger charge is -2.24. The molecule has 0 spiro atoms. The van der Waals surface area contributed by atoms with Crippen molar-refractivity contribution < 1.29 is 14.7 Å². The highest BCUT2D eigenvalue weighted by Gasteiger charge is 2.54. The van der Waals surface area contributed by atoms with Crippen LogP contribution in [0.4, 0.5) is 4.79 Å². The van der Waals surface area contributed by atoms with Crippen molar-refractivity contribution in [3.63, 3.8) is 0 Å². The van der Waals surface area contributed by atoms with E-state index in [1.54, 1.807) is 6.20 Å². The zero-order valence-electron chi connectivity index (χ0n) is 11.9. The van der Waals surface area contributed by atoms with Gasteiger partial charge in [-0.3, -0.25) is 4.79 Å². The zero-order chi connectivity index (χ0) is 14.4. The smallest absolute Gasteiger partial charge is 0.414 e. The highest BCUT2D eigenvalue weighted by Crippen LogP contribution is 2.51. The van der Waals surface area contributed by atoms with E-state index >= 15 is 0 Å². The number of nitrogens with zero attached hydrogens (tertiary/aromatic N) is 2. The molecule has 0 aromatic rings. The maximum absolute atomic E-state index is 12.4. The molecule has 108 valence electrons. The average Bonchev–Trinajstić information content (AvgIpc) is 2.86. The number of fused-ring (bicyclic) bond motifs is 3. The van der Waals surface area contributed by atoms with Crippen molar-refractivity contribution >= 4 is 12.0 Å². The van der Waals surface area contributed by atoms with Gasteiger partial charge in [-0.2, -0.15) is 0 Å². The summed E-state index contributed by atoms with van der Waals surface area (Å²) in [6, 6.07) is -0.253. The third-order valence-electron chi connectivity index (χ3n) is 4.62. The predicted molar refractivity (Wildman–Crippen MR) is 74.0 cm³/mol. The fourth-order valence-corrected chi connectivity index (χ4v) is 3.94. The molecule has 2 fully saturated rings. The molecule has 5 nitrogen and oxygen atoms in total. The Kier molecular flexibility index (Phi) is 3.07. The second-order valence-corrected chi connectivity index (χ2v) is 6.12. The Labute approximate surface area is 118 Å². The van der Waals surface area contributed by atoms with E-state index in [-0.39, 0.29) is 17.9 Å². The van der Waals surface area contributed by atoms with Crippen LogP contribution in [0.15, 0.2) is 23.4 Å². The third kappa shape index (κ3) is 1.84. The Morgan fingerprint density at radius 2 is 2.25 bits per heavy atom. The van der Waals surface area contributed by atoms with Crippen LogP contribution in [-0.2, 0) is 4.79 Å². The Morgan fingerprint density at radius 1 is 1.50 bits per heavy atom. The van der Waals surface area contributed by atoms with E-state index in [0.717, 1.165) is 24.2 Å². The SMILES string of the molecule is CN(C)C=C1C(=O)N(C(=O)O)[C@@H]2C3=CCCC[C@H]3C[C@H]12. The van der Waals surface area contributed by atoms with Crippen molar-refractivity contribution in [3.8, 4) is 0 Å². The molecule has 0 aromatic carbocycles. The minimum atomic E-state index is -1.13. The maximum Gasteiger partial charge on any atom is 0.414 e. The van der Waals surface area contributed by atoms with Crippen molar-refractivity contribution in [3.05, 3.63) is 23.4 Å². The highest BCUT2D eigenvalue weighted by atomic mass is 16.4. The number of hydrogen-bond acceptors (Lipinski definition) is 3. The van der Waals surface area contributed by atoms with E-state index in [2.05, 4.69) is 6.08 Å². The van der Waals surface area contributed by atoms with E-state index in [1.165, 1.54) is 12.0 Å². The van der Waals surface area contributed by atoms with Gasteiger partial charge >= 0.3 is 6.09 Å². The first-order valence-corrected chi connectivity index (χ1v) is 7.15. The number of likely N-dealkylation sites (tertiary alicyclic amines) is 1. The summed E-state index contributed by atoms with van der Waals surface area (Å²) < 4.78 is 0. The van der Waals surface area contributed by atoms with E-state index in [1.807, 2.05) is 19.0 Å². The second-order valence-electron chi connectivity index (χ2n) is 6.12. The van der Waals surface area contributed by atoms with Gasteiger partial charge in [-0.05, 0) is 37.2 Å². The van der Waals surface area contributed by atoms with Gasteiger partial charge < -0.3 is 10.0 Å². The number of carboxylic acid groups (broad SMARTS) is 1. The normalized spacial score (nSPS) is 34.0. The van der Waals surface area contributed by atoms with Gasteiger partial charge in [-0.15, -0.1) is 0 Å². The monoisotopic (exact) mass is 276 g/mol. The van der Waals surface area contributed by atoms with Crippen LogP contribution < -0.4 is 0 Å². The van der Waals surface area contributed by atoms with Crippen molar-refractivity contribution in [2.45, 2.75) is 31.7 Å². The number of allylic oxidation sites excluding steroid dienone is 1.